The summed E-state index contributed by atoms with van der Waals surface area (Å²) in [6.07, 6.45) is 1.18. The summed E-state index contributed by atoms with van der Waals surface area (Å²) in [6, 6.07) is 7.90. The van der Waals surface area contributed by atoms with Gasteiger partial charge in [-0.1, -0.05) is 18.2 Å². The summed E-state index contributed by atoms with van der Waals surface area (Å²) in [7, 11) is -1.25. The Balaban J connectivity index is 2.32. The van der Waals surface area contributed by atoms with Crippen molar-refractivity contribution in [3.63, 3.8) is 0 Å². The number of ether oxygens (including phenoxy) is 1. The normalized spacial score (nSPS) is 11.6. The number of nitrogens with one attached hydrogen (secondary N) is 1. The second-order valence-corrected chi connectivity index (χ2v) is 6.70. The number of para-hydroxylation sites is 1. The largest absolute Gasteiger partial charge is 0.496 e. The van der Waals surface area contributed by atoms with E-state index in [4.69, 9.17) is 13.8 Å². The van der Waals surface area contributed by atoms with Gasteiger partial charge in [-0.15, -0.1) is 0 Å². The van der Waals surface area contributed by atoms with E-state index in [1.807, 2.05) is 38.1 Å². The summed E-state index contributed by atoms with van der Waals surface area (Å²) in [5.74, 6) is 0.874. The van der Waals surface area contributed by atoms with Crippen LogP contribution < -0.4 is 10.1 Å². The van der Waals surface area contributed by atoms with Gasteiger partial charge in [0.25, 0.3) is 0 Å². The molecule has 0 atom stereocenters. The first-order valence-electron chi connectivity index (χ1n) is 7.36. The molecule has 5 nitrogen and oxygen atoms in total. The Morgan fingerprint density at radius 2 is 1.81 bits per heavy atom. The zero-order valence-corrected chi connectivity index (χ0v) is 14.0. The highest BCUT2D eigenvalue weighted by Crippen LogP contribution is 2.48. The molecule has 0 saturated heterocycles. The van der Waals surface area contributed by atoms with Crippen LogP contribution in [0.3, 0.4) is 0 Å². The molecule has 0 spiro atoms. The average Bonchev–Trinajstić information content (AvgIpc) is 2.48. The van der Waals surface area contributed by atoms with E-state index in [0.717, 1.165) is 30.8 Å². The van der Waals surface area contributed by atoms with Crippen LogP contribution in [-0.2, 0) is 20.2 Å². The molecule has 0 aliphatic carbocycles. The van der Waals surface area contributed by atoms with E-state index in [1.165, 1.54) is 0 Å². The predicted molar refractivity (Wildman–Crippen MR) is 85.0 cm³/mol. The zero-order valence-electron chi connectivity index (χ0n) is 13.1. The molecule has 0 fully saturated rings. The molecule has 0 amide bonds. The number of hydrogen-bond acceptors (Lipinski definition) is 5. The van der Waals surface area contributed by atoms with Crippen molar-refractivity contribution in [1.82, 2.24) is 5.32 Å². The minimum Gasteiger partial charge on any atom is -0.496 e. The van der Waals surface area contributed by atoms with Gasteiger partial charge in [-0.05, 0) is 32.9 Å². The van der Waals surface area contributed by atoms with E-state index in [-0.39, 0.29) is 0 Å². The minimum atomic E-state index is -2.91. The third kappa shape index (κ3) is 6.62. The summed E-state index contributed by atoms with van der Waals surface area (Å²) in [5.41, 5.74) is 1.11. The Morgan fingerprint density at radius 1 is 1.14 bits per heavy atom. The Bertz CT molecular complexity index is 443. The van der Waals surface area contributed by atoms with Gasteiger partial charge in [0, 0.05) is 12.1 Å². The molecule has 0 unspecified atom stereocenters. The second kappa shape index (κ2) is 9.96. The van der Waals surface area contributed by atoms with Crippen molar-refractivity contribution in [2.45, 2.75) is 26.8 Å². The van der Waals surface area contributed by atoms with Crippen LogP contribution in [0.4, 0.5) is 0 Å². The molecule has 1 aromatic rings. The Labute approximate surface area is 127 Å². The summed E-state index contributed by atoms with van der Waals surface area (Å²) in [4.78, 5) is 0. The fourth-order valence-electron chi connectivity index (χ4n) is 2.03. The lowest BCUT2D eigenvalue weighted by atomic mass is 10.2. The number of hydrogen-bond donors (Lipinski definition) is 1. The molecule has 0 radical (unpaired) electrons. The Morgan fingerprint density at radius 3 is 2.43 bits per heavy atom. The maximum absolute atomic E-state index is 12.3. The van der Waals surface area contributed by atoms with Crippen molar-refractivity contribution < 1.29 is 18.3 Å². The molecule has 0 heterocycles. The number of rotatable bonds is 11. The Hall–Kier alpha value is -0.870. The van der Waals surface area contributed by atoms with Crippen LogP contribution >= 0.6 is 7.60 Å². The van der Waals surface area contributed by atoms with Gasteiger partial charge in [0.05, 0.1) is 26.5 Å². The molecule has 1 N–H and O–H groups in total. The lowest BCUT2D eigenvalue weighted by molar-refractivity contribution is 0.219. The van der Waals surface area contributed by atoms with Crippen molar-refractivity contribution in [2.75, 3.05) is 33.0 Å². The van der Waals surface area contributed by atoms with Crippen LogP contribution in [0, 0.1) is 0 Å². The first-order chi connectivity index (χ1) is 10.1. The van der Waals surface area contributed by atoms with Crippen molar-refractivity contribution >= 4 is 7.60 Å². The second-order valence-electron chi connectivity index (χ2n) is 4.51. The topological polar surface area (TPSA) is 56.8 Å². The van der Waals surface area contributed by atoms with Crippen molar-refractivity contribution in [2.24, 2.45) is 0 Å². The quantitative estimate of drug-likeness (QED) is 0.501. The van der Waals surface area contributed by atoms with E-state index >= 15 is 0 Å². The number of methoxy groups -OCH3 is 1. The summed E-state index contributed by atoms with van der Waals surface area (Å²) in [5, 5.41) is 3.32. The molecule has 0 aliphatic rings. The lowest BCUT2D eigenvalue weighted by Crippen LogP contribution is -2.16. The van der Waals surface area contributed by atoms with Gasteiger partial charge in [-0.25, -0.2) is 0 Å². The fraction of sp³-hybridized carbons (Fsp3) is 0.600. The molecular weight excluding hydrogens is 289 g/mol. The van der Waals surface area contributed by atoms with Gasteiger partial charge in [-0.3, -0.25) is 4.57 Å². The Kier molecular flexibility index (Phi) is 8.62. The highest BCUT2D eigenvalue weighted by Gasteiger charge is 2.22. The van der Waals surface area contributed by atoms with Gasteiger partial charge in [0.15, 0.2) is 0 Å². The van der Waals surface area contributed by atoms with E-state index in [9.17, 15) is 4.57 Å². The van der Waals surface area contributed by atoms with E-state index in [2.05, 4.69) is 5.32 Å². The molecule has 1 rings (SSSR count). The number of benzene rings is 1. The van der Waals surface area contributed by atoms with Crippen LogP contribution in [-0.4, -0.2) is 33.0 Å². The van der Waals surface area contributed by atoms with Crippen molar-refractivity contribution in [1.29, 1.82) is 0 Å². The molecule has 21 heavy (non-hydrogen) atoms. The van der Waals surface area contributed by atoms with Gasteiger partial charge < -0.3 is 19.1 Å². The minimum absolute atomic E-state index is 0.409. The fourth-order valence-corrected chi connectivity index (χ4v) is 3.69. The molecule has 6 heteroatoms. The van der Waals surface area contributed by atoms with E-state index < -0.39 is 7.60 Å². The van der Waals surface area contributed by atoms with Crippen LogP contribution in [0.15, 0.2) is 24.3 Å². The van der Waals surface area contributed by atoms with E-state index in [1.54, 1.807) is 7.11 Å². The highest BCUT2D eigenvalue weighted by molar-refractivity contribution is 7.53. The third-order valence-electron chi connectivity index (χ3n) is 2.95. The first-order valence-corrected chi connectivity index (χ1v) is 9.08. The molecule has 1 aromatic carbocycles. The molecule has 0 saturated carbocycles. The van der Waals surface area contributed by atoms with Gasteiger partial charge in [-0.2, -0.15) is 0 Å². The standard InChI is InChI=1S/C15H26NO4P/c1-4-19-21(17,20-5-2)12-8-11-16-13-14-9-6-7-10-15(14)18-3/h6-7,9-10,16H,4-5,8,11-13H2,1-3H3. The van der Waals surface area contributed by atoms with Gasteiger partial charge >= 0.3 is 7.60 Å². The SMILES string of the molecule is CCOP(=O)(CCCNCc1ccccc1OC)OCC. The maximum Gasteiger partial charge on any atom is 0.330 e. The average molecular weight is 315 g/mol. The summed E-state index contributed by atoms with van der Waals surface area (Å²) < 4.78 is 28.1. The monoisotopic (exact) mass is 315 g/mol. The van der Waals surface area contributed by atoms with Crippen LogP contribution in [0.25, 0.3) is 0 Å². The molecule has 0 aromatic heterocycles. The van der Waals surface area contributed by atoms with Gasteiger partial charge in [0.1, 0.15) is 5.75 Å². The summed E-state index contributed by atoms with van der Waals surface area (Å²) in [6.45, 7) is 5.94. The summed E-state index contributed by atoms with van der Waals surface area (Å²) >= 11 is 0. The molecule has 120 valence electrons. The van der Waals surface area contributed by atoms with Gasteiger partial charge in [0.2, 0.25) is 0 Å². The van der Waals surface area contributed by atoms with Crippen LogP contribution in [0.1, 0.15) is 25.8 Å². The maximum atomic E-state index is 12.3. The van der Waals surface area contributed by atoms with Crippen LogP contribution in [0.5, 0.6) is 5.75 Å². The predicted octanol–water partition coefficient (Wildman–Crippen LogP) is 3.44. The van der Waals surface area contributed by atoms with Crippen molar-refractivity contribution in [3.8, 4) is 5.75 Å². The van der Waals surface area contributed by atoms with Crippen molar-refractivity contribution in [3.05, 3.63) is 29.8 Å². The first kappa shape index (κ1) is 18.2. The lowest BCUT2D eigenvalue weighted by Gasteiger charge is -2.17. The zero-order chi connectivity index (χ0) is 15.6. The molecular formula is C15H26NO4P. The smallest absolute Gasteiger partial charge is 0.330 e. The van der Waals surface area contributed by atoms with Crippen LogP contribution in [0.2, 0.25) is 0 Å². The third-order valence-corrected chi connectivity index (χ3v) is 5.11. The highest BCUT2D eigenvalue weighted by atomic mass is 31.2. The molecule has 0 bridgehead atoms. The van der Waals surface area contributed by atoms with E-state index in [0.29, 0.717) is 19.4 Å². The molecule has 0 aliphatic heterocycles.